The van der Waals surface area contributed by atoms with Gasteiger partial charge in [-0.3, -0.25) is 4.79 Å². The summed E-state index contributed by atoms with van der Waals surface area (Å²) in [6.07, 6.45) is 1.59. The van der Waals surface area contributed by atoms with Gasteiger partial charge >= 0.3 is 0 Å². The number of halogens is 1. The molecule has 8 heteroatoms. The lowest BCUT2D eigenvalue weighted by Gasteiger charge is -2.11. The Morgan fingerprint density at radius 1 is 0.970 bits per heavy atom. The highest BCUT2D eigenvalue weighted by Gasteiger charge is 2.21. The van der Waals surface area contributed by atoms with Crippen molar-refractivity contribution in [3.05, 3.63) is 96.1 Å². The number of carbonyl (C=O) groups excluding carboxylic acids is 1. The summed E-state index contributed by atoms with van der Waals surface area (Å²) in [5.41, 5.74) is 2.01. The first-order valence-corrected chi connectivity index (χ1v) is 10.1. The van der Waals surface area contributed by atoms with Crippen molar-refractivity contribution in [1.82, 2.24) is 9.78 Å². The van der Waals surface area contributed by atoms with Crippen LogP contribution >= 0.6 is 0 Å². The molecule has 0 unspecified atom stereocenters. The molecule has 0 bridgehead atoms. The average molecular weight is 447 g/mol. The van der Waals surface area contributed by atoms with E-state index < -0.39 is 5.91 Å². The van der Waals surface area contributed by atoms with Crippen molar-refractivity contribution in [2.75, 3.05) is 19.5 Å². The predicted molar refractivity (Wildman–Crippen MR) is 122 cm³/mol. The van der Waals surface area contributed by atoms with Crippen molar-refractivity contribution in [2.45, 2.75) is 6.61 Å². The van der Waals surface area contributed by atoms with Crippen molar-refractivity contribution in [1.29, 1.82) is 0 Å². The summed E-state index contributed by atoms with van der Waals surface area (Å²) in [7, 11) is 3.04. The summed E-state index contributed by atoms with van der Waals surface area (Å²) in [5, 5.41) is 7.21. The molecule has 1 aromatic heterocycles. The van der Waals surface area contributed by atoms with Crippen molar-refractivity contribution in [3.8, 4) is 22.9 Å². The average Bonchev–Trinajstić information content (AvgIpc) is 3.28. The fourth-order valence-corrected chi connectivity index (χ4v) is 3.18. The van der Waals surface area contributed by atoms with Crippen molar-refractivity contribution in [2.24, 2.45) is 0 Å². The number of aromatic nitrogens is 2. The Bertz CT molecular complexity index is 1240. The van der Waals surface area contributed by atoms with Crippen molar-refractivity contribution in [3.63, 3.8) is 0 Å². The van der Waals surface area contributed by atoms with Gasteiger partial charge in [0.2, 0.25) is 0 Å². The van der Waals surface area contributed by atoms with Crippen LogP contribution < -0.4 is 19.5 Å². The van der Waals surface area contributed by atoms with Crippen LogP contribution in [0.3, 0.4) is 0 Å². The fraction of sp³-hybridized carbons (Fsp3) is 0.120. The largest absolute Gasteiger partial charge is 0.497 e. The van der Waals surface area contributed by atoms with Gasteiger partial charge in [-0.15, -0.1) is 0 Å². The molecule has 0 saturated heterocycles. The lowest BCUT2D eigenvalue weighted by Crippen LogP contribution is -2.15. The molecular formula is C25H22FN3O4. The highest BCUT2D eigenvalue weighted by molar-refractivity contribution is 6.05. The van der Waals surface area contributed by atoms with Gasteiger partial charge in [-0.1, -0.05) is 30.3 Å². The van der Waals surface area contributed by atoms with Crippen LogP contribution in [0.2, 0.25) is 0 Å². The molecule has 0 aliphatic carbocycles. The van der Waals surface area contributed by atoms with Crippen LogP contribution in [0.4, 0.5) is 10.1 Å². The number of rotatable bonds is 8. The van der Waals surface area contributed by atoms with Crippen LogP contribution in [0.15, 0.2) is 79.0 Å². The highest BCUT2D eigenvalue weighted by Crippen LogP contribution is 2.30. The zero-order valence-corrected chi connectivity index (χ0v) is 18.1. The first kappa shape index (κ1) is 21.9. The molecule has 4 rings (SSSR count). The molecule has 1 amide bonds. The van der Waals surface area contributed by atoms with Gasteiger partial charge in [-0.05, 0) is 42.0 Å². The van der Waals surface area contributed by atoms with Gasteiger partial charge in [0.1, 0.15) is 23.9 Å². The minimum absolute atomic E-state index is 0.0696. The number of amides is 1. The van der Waals surface area contributed by atoms with Gasteiger partial charge in [0.15, 0.2) is 11.4 Å². The number of hydrogen-bond acceptors (Lipinski definition) is 5. The Balaban J connectivity index is 1.66. The molecule has 0 aliphatic rings. The first-order valence-electron chi connectivity index (χ1n) is 10.1. The smallest absolute Gasteiger partial charge is 0.280 e. The predicted octanol–water partition coefficient (Wildman–Crippen LogP) is 4.86. The van der Waals surface area contributed by atoms with Crippen LogP contribution in [0, 0.1) is 5.82 Å². The number of carbonyl (C=O) groups is 1. The Labute approximate surface area is 190 Å². The molecule has 0 saturated carbocycles. The van der Waals surface area contributed by atoms with E-state index in [0.717, 1.165) is 5.56 Å². The van der Waals surface area contributed by atoms with E-state index in [0.29, 0.717) is 22.9 Å². The van der Waals surface area contributed by atoms with Gasteiger partial charge in [-0.2, -0.15) is 5.10 Å². The number of nitrogens with one attached hydrogen (secondary N) is 1. The van der Waals surface area contributed by atoms with E-state index in [2.05, 4.69) is 10.4 Å². The number of anilines is 1. The normalized spacial score (nSPS) is 10.5. The van der Waals surface area contributed by atoms with E-state index in [-0.39, 0.29) is 23.9 Å². The third-order valence-electron chi connectivity index (χ3n) is 4.88. The molecule has 0 aliphatic heterocycles. The molecule has 1 heterocycles. The van der Waals surface area contributed by atoms with Gasteiger partial charge in [0.05, 0.1) is 31.8 Å². The SMILES string of the molecule is COc1ccc(OC)c(NC(=O)c2nn(-c3ccc(F)cc3)cc2OCc2ccccc2)c1. The number of methoxy groups -OCH3 is 2. The van der Waals surface area contributed by atoms with E-state index in [9.17, 15) is 9.18 Å². The molecule has 0 radical (unpaired) electrons. The Morgan fingerprint density at radius 3 is 2.42 bits per heavy atom. The van der Waals surface area contributed by atoms with Gasteiger partial charge in [0, 0.05) is 6.07 Å². The van der Waals surface area contributed by atoms with Crippen LogP contribution in [-0.2, 0) is 6.61 Å². The number of hydrogen-bond donors (Lipinski definition) is 1. The van der Waals surface area contributed by atoms with Gasteiger partial charge < -0.3 is 19.5 Å². The van der Waals surface area contributed by atoms with Crippen LogP contribution in [0.1, 0.15) is 16.1 Å². The van der Waals surface area contributed by atoms with Crippen LogP contribution in [-0.4, -0.2) is 29.9 Å². The van der Waals surface area contributed by atoms with E-state index in [4.69, 9.17) is 14.2 Å². The molecule has 0 atom stereocenters. The Morgan fingerprint density at radius 2 is 1.73 bits per heavy atom. The molecular weight excluding hydrogens is 425 g/mol. The van der Waals surface area contributed by atoms with E-state index >= 15 is 0 Å². The lowest BCUT2D eigenvalue weighted by molar-refractivity contribution is 0.101. The standard InChI is InChI=1S/C25H22FN3O4/c1-31-20-12-13-22(32-2)21(14-20)27-25(30)24-23(33-16-17-6-4-3-5-7-17)15-29(28-24)19-10-8-18(26)9-11-19/h3-15H,16H2,1-2H3,(H,27,30). The number of nitrogens with zero attached hydrogens (tertiary/aromatic N) is 2. The Kier molecular flexibility index (Phi) is 6.54. The molecule has 7 nitrogen and oxygen atoms in total. The molecule has 1 N–H and O–H groups in total. The molecule has 168 valence electrons. The molecule has 4 aromatic rings. The van der Waals surface area contributed by atoms with E-state index in [1.807, 2.05) is 30.3 Å². The third-order valence-corrected chi connectivity index (χ3v) is 4.88. The van der Waals surface area contributed by atoms with Crippen LogP contribution in [0.25, 0.3) is 5.69 Å². The molecule has 33 heavy (non-hydrogen) atoms. The fourth-order valence-electron chi connectivity index (χ4n) is 3.18. The molecule has 3 aromatic carbocycles. The quantitative estimate of drug-likeness (QED) is 0.418. The monoisotopic (exact) mass is 447 g/mol. The zero-order valence-electron chi connectivity index (χ0n) is 18.1. The van der Waals surface area contributed by atoms with Crippen molar-refractivity contribution < 1.29 is 23.4 Å². The summed E-state index contributed by atoms with van der Waals surface area (Å²) in [5.74, 6) is 0.444. The van der Waals surface area contributed by atoms with Gasteiger partial charge in [-0.25, -0.2) is 9.07 Å². The maximum absolute atomic E-state index is 13.4. The summed E-state index contributed by atoms with van der Waals surface area (Å²) in [6, 6.07) is 20.4. The molecule has 0 spiro atoms. The minimum atomic E-state index is -0.495. The second-order valence-corrected chi connectivity index (χ2v) is 7.06. The number of ether oxygens (including phenoxy) is 3. The van der Waals surface area contributed by atoms with E-state index in [1.54, 1.807) is 36.5 Å². The number of benzene rings is 3. The van der Waals surface area contributed by atoms with E-state index in [1.165, 1.54) is 31.0 Å². The summed E-state index contributed by atoms with van der Waals surface area (Å²) >= 11 is 0. The second kappa shape index (κ2) is 9.86. The summed E-state index contributed by atoms with van der Waals surface area (Å²) in [6.45, 7) is 0.249. The summed E-state index contributed by atoms with van der Waals surface area (Å²) < 4.78 is 31.3. The maximum Gasteiger partial charge on any atom is 0.280 e. The van der Waals surface area contributed by atoms with Gasteiger partial charge in [0.25, 0.3) is 5.91 Å². The zero-order chi connectivity index (χ0) is 23.2. The van der Waals surface area contributed by atoms with Crippen LogP contribution in [0.5, 0.6) is 17.2 Å². The second-order valence-electron chi connectivity index (χ2n) is 7.06. The first-order chi connectivity index (χ1) is 16.1. The van der Waals surface area contributed by atoms with Crippen molar-refractivity contribution >= 4 is 11.6 Å². The lowest BCUT2D eigenvalue weighted by atomic mass is 10.2. The summed E-state index contributed by atoms with van der Waals surface area (Å²) in [4.78, 5) is 13.2. The topological polar surface area (TPSA) is 74.6 Å². The Hall–Kier alpha value is -4.33. The minimum Gasteiger partial charge on any atom is -0.497 e. The third kappa shape index (κ3) is 5.12. The molecule has 0 fully saturated rings. The maximum atomic E-state index is 13.4. The highest BCUT2D eigenvalue weighted by atomic mass is 19.1.